The second-order valence-corrected chi connectivity index (χ2v) is 5.06. The number of hydrogen-bond acceptors (Lipinski definition) is 4. The van der Waals surface area contributed by atoms with Crippen molar-refractivity contribution in [1.82, 2.24) is 10.2 Å². The summed E-state index contributed by atoms with van der Waals surface area (Å²) < 4.78 is 0. The Morgan fingerprint density at radius 1 is 1.50 bits per heavy atom. The van der Waals surface area contributed by atoms with Crippen molar-refractivity contribution in [3.8, 4) is 6.07 Å². The predicted octanol–water partition coefficient (Wildman–Crippen LogP) is 2.04. The molecule has 0 aromatic heterocycles. The summed E-state index contributed by atoms with van der Waals surface area (Å²) in [5.41, 5.74) is 7.79. The van der Waals surface area contributed by atoms with E-state index in [9.17, 15) is 5.26 Å². The molecule has 1 heterocycles. The lowest BCUT2D eigenvalue weighted by Crippen LogP contribution is -2.54. The Morgan fingerprint density at radius 2 is 2.17 bits per heavy atom. The molecular formula is C12H22N6. The molecular weight excluding hydrogens is 228 g/mol. The lowest BCUT2D eigenvalue weighted by Gasteiger charge is -2.39. The molecule has 0 aromatic rings. The van der Waals surface area contributed by atoms with E-state index < -0.39 is 0 Å². The number of nitriles is 1. The van der Waals surface area contributed by atoms with Gasteiger partial charge >= 0.3 is 0 Å². The first-order valence-corrected chi connectivity index (χ1v) is 6.55. The van der Waals surface area contributed by atoms with E-state index in [1.165, 1.54) is 0 Å². The number of piperidine rings is 1. The highest BCUT2D eigenvalue weighted by atomic mass is 15.2. The summed E-state index contributed by atoms with van der Waals surface area (Å²) in [7, 11) is 0. The Labute approximate surface area is 109 Å². The molecule has 1 aliphatic heterocycles. The zero-order chi connectivity index (χ0) is 13.4. The first-order valence-electron chi connectivity index (χ1n) is 6.55. The van der Waals surface area contributed by atoms with Crippen molar-refractivity contribution in [2.24, 2.45) is 5.11 Å². The fourth-order valence-electron chi connectivity index (χ4n) is 2.27. The number of nitrogens with zero attached hydrogens (tertiary/aromatic N) is 5. The van der Waals surface area contributed by atoms with E-state index in [4.69, 9.17) is 5.53 Å². The minimum Gasteiger partial charge on any atom is -0.301 e. The van der Waals surface area contributed by atoms with Crippen LogP contribution in [-0.4, -0.2) is 42.7 Å². The number of nitrogens with one attached hydrogen (secondary N) is 1. The normalized spacial score (nSPS) is 19.2. The van der Waals surface area contributed by atoms with Gasteiger partial charge in [-0.05, 0) is 45.2 Å². The van der Waals surface area contributed by atoms with Crippen LogP contribution in [0.3, 0.4) is 0 Å². The van der Waals surface area contributed by atoms with Crippen LogP contribution in [0.15, 0.2) is 5.11 Å². The predicted molar refractivity (Wildman–Crippen MR) is 70.9 cm³/mol. The highest BCUT2D eigenvalue weighted by molar-refractivity contribution is 5.09. The fourth-order valence-corrected chi connectivity index (χ4v) is 2.27. The molecule has 0 spiro atoms. The van der Waals surface area contributed by atoms with Gasteiger partial charge in [0.05, 0.1) is 6.07 Å². The van der Waals surface area contributed by atoms with E-state index in [0.717, 1.165) is 38.9 Å². The van der Waals surface area contributed by atoms with Gasteiger partial charge in [0.2, 0.25) is 0 Å². The minimum atomic E-state index is -0.387. The maximum atomic E-state index is 9.36. The monoisotopic (exact) mass is 250 g/mol. The summed E-state index contributed by atoms with van der Waals surface area (Å²) in [6.45, 7) is 7.53. The summed E-state index contributed by atoms with van der Waals surface area (Å²) >= 11 is 0. The minimum absolute atomic E-state index is 0.387. The van der Waals surface area contributed by atoms with Crippen LogP contribution >= 0.6 is 0 Å². The van der Waals surface area contributed by atoms with E-state index in [-0.39, 0.29) is 5.54 Å². The molecule has 0 radical (unpaired) electrons. The maximum Gasteiger partial charge on any atom is 0.109 e. The highest BCUT2D eigenvalue weighted by Crippen LogP contribution is 2.22. The Balaban J connectivity index is 2.37. The van der Waals surface area contributed by atoms with Gasteiger partial charge in [-0.1, -0.05) is 5.11 Å². The van der Waals surface area contributed by atoms with E-state index in [2.05, 4.69) is 40.2 Å². The van der Waals surface area contributed by atoms with Crippen LogP contribution in [0.5, 0.6) is 0 Å². The molecule has 0 aliphatic carbocycles. The van der Waals surface area contributed by atoms with Crippen molar-refractivity contribution in [3.05, 3.63) is 10.4 Å². The van der Waals surface area contributed by atoms with Crippen molar-refractivity contribution >= 4 is 0 Å². The molecule has 1 rings (SSSR count). The molecule has 6 nitrogen and oxygen atoms in total. The van der Waals surface area contributed by atoms with Crippen molar-refractivity contribution in [2.45, 2.75) is 44.7 Å². The van der Waals surface area contributed by atoms with Crippen LogP contribution in [0.25, 0.3) is 10.4 Å². The largest absolute Gasteiger partial charge is 0.301 e. The SMILES string of the molecule is CC(C)N1CCC(C#N)(NCCCN=[N+]=[N-])CC1. The Bertz CT molecular complexity index is 331. The zero-order valence-electron chi connectivity index (χ0n) is 11.3. The van der Waals surface area contributed by atoms with E-state index in [0.29, 0.717) is 12.6 Å². The molecule has 0 amide bonds. The fraction of sp³-hybridized carbons (Fsp3) is 0.917. The molecule has 1 saturated heterocycles. The zero-order valence-corrected chi connectivity index (χ0v) is 11.3. The molecule has 0 unspecified atom stereocenters. The maximum absolute atomic E-state index is 9.36. The molecule has 100 valence electrons. The van der Waals surface area contributed by atoms with Gasteiger partial charge in [0.15, 0.2) is 0 Å². The summed E-state index contributed by atoms with van der Waals surface area (Å²) in [6.07, 6.45) is 2.51. The van der Waals surface area contributed by atoms with Crippen molar-refractivity contribution in [1.29, 1.82) is 5.26 Å². The van der Waals surface area contributed by atoms with E-state index in [1.807, 2.05) is 0 Å². The van der Waals surface area contributed by atoms with Crippen LogP contribution in [0.4, 0.5) is 0 Å². The van der Waals surface area contributed by atoms with Crippen LogP contribution in [-0.2, 0) is 0 Å². The number of azide groups is 1. The molecule has 1 fully saturated rings. The first-order chi connectivity index (χ1) is 8.63. The van der Waals surface area contributed by atoms with Crippen molar-refractivity contribution in [3.63, 3.8) is 0 Å². The lowest BCUT2D eigenvalue weighted by molar-refractivity contribution is 0.136. The van der Waals surface area contributed by atoms with Crippen molar-refractivity contribution < 1.29 is 0 Å². The van der Waals surface area contributed by atoms with Gasteiger partial charge in [-0.15, -0.1) is 0 Å². The van der Waals surface area contributed by atoms with Crippen LogP contribution < -0.4 is 5.32 Å². The number of hydrogen-bond donors (Lipinski definition) is 1. The summed E-state index contributed by atoms with van der Waals surface area (Å²) in [5, 5.41) is 16.2. The van der Waals surface area contributed by atoms with Gasteiger partial charge in [-0.3, -0.25) is 5.32 Å². The summed E-state index contributed by atoms with van der Waals surface area (Å²) in [4.78, 5) is 5.11. The van der Waals surface area contributed by atoms with Gasteiger partial charge in [0.1, 0.15) is 5.54 Å². The number of likely N-dealkylation sites (tertiary alicyclic amines) is 1. The van der Waals surface area contributed by atoms with E-state index in [1.54, 1.807) is 0 Å². The van der Waals surface area contributed by atoms with E-state index >= 15 is 0 Å². The molecule has 0 saturated carbocycles. The van der Waals surface area contributed by atoms with Gasteiger partial charge in [-0.25, -0.2) is 0 Å². The average molecular weight is 250 g/mol. The smallest absolute Gasteiger partial charge is 0.109 e. The van der Waals surface area contributed by atoms with Crippen molar-refractivity contribution in [2.75, 3.05) is 26.2 Å². The summed E-state index contributed by atoms with van der Waals surface area (Å²) in [6, 6.07) is 2.97. The molecule has 18 heavy (non-hydrogen) atoms. The second-order valence-electron chi connectivity index (χ2n) is 5.06. The molecule has 1 aliphatic rings. The standard InChI is InChI=1S/C12H22N6/c1-11(2)18-8-4-12(10-13,5-9-18)15-6-3-7-16-17-14/h11,15H,3-9H2,1-2H3. The van der Waals surface area contributed by atoms with Crippen LogP contribution in [0.1, 0.15) is 33.1 Å². The third-order valence-electron chi connectivity index (χ3n) is 3.56. The topological polar surface area (TPSA) is 87.8 Å². The van der Waals surface area contributed by atoms with Crippen LogP contribution in [0, 0.1) is 11.3 Å². The molecule has 0 bridgehead atoms. The third-order valence-corrected chi connectivity index (χ3v) is 3.56. The Morgan fingerprint density at radius 3 is 2.67 bits per heavy atom. The first kappa shape index (κ1) is 14.8. The van der Waals surface area contributed by atoms with Gasteiger partial charge in [0, 0.05) is 30.6 Å². The van der Waals surface area contributed by atoms with Gasteiger partial charge < -0.3 is 4.90 Å². The average Bonchev–Trinajstić information content (AvgIpc) is 2.39. The molecule has 1 N–H and O–H groups in total. The third kappa shape index (κ3) is 4.19. The van der Waals surface area contributed by atoms with Gasteiger partial charge in [-0.2, -0.15) is 5.26 Å². The Kier molecular flexibility index (Phi) is 5.93. The molecule has 0 atom stereocenters. The quantitative estimate of drug-likeness (QED) is 0.338. The number of rotatable bonds is 6. The lowest BCUT2D eigenvalue weighted by atomic mass is 9.88. The molecule has 6 heteroatoms. The van der Waals surface area contributed by atoms with Crippen LogP contribution in [0.2, 0.25) is 0 Å². The Hall–Kier alpha value is -1.28. The molecule has 0 aromatic carbocycles. The highest BCUT2D eigenvalue weighted by Gasteiger charge is 2.34. The van der Waals surface area contributed by atoms with Gasteiger partial charge in [0.25, 0.3) is 0 Å². The second kappa shape index (κ2) is 7.22. The summed E-state index contributed by atoms with van der Waals surface area (Å²) in [5.74, 6) is 0.